The lowest BCUT2D eigenvalue weighted by Crippen LogP contribution is -2.45. The van der Waals surface area contributed by atoms with Gasteiger partial charge in [0.15, 0.2) is 0 Å². The SMILES string of the molecule is CN1CCN(c2ncnc(NCc3ccccc3F)c2C=N)CC1. The Morgan fingerprint density at radius 2 is 1.96 bits per heavy atom. The Bertz CT molecular complexity index is 712. The molecule has 0 unspecified atom stereocenters. The first kappa shape index (κ1) is 16.3. The van der Waals surface area contributed by atoms with Gasteiger partial charge in [-0.25, -0.2) is 14.4 Å². The van der Waals surface area contributed by atoms with Gasteiger partial charge in [-0.1, -0.05) is 18.2 Å². The van der Waals surface area contributed by atoms with E-state index in [0.29, 0.717) is 23.5 Å². The molecule has 24 heavy (non-hydrogen) atoms. The number of likely N-dealkylation sites (N-methyl/N-ethyl adjacent to an activating group) is 1. The van der Waals surface area contributed by atoms with Crippen molar-refractivity contribution in [2.24, 2.45) is 0 Å². The van der Waals surface area contributed by atoms with Crippen LogP contribution in [0.2, 0.25) is 0 Å². The van der Waals surface area contributed by atoms with Gasteiger partial charge in [-0.3, -0.25) is 0 Å². The Kier molecular flexibility index (Phi) is 5.00. The fraction of sp³-hybridized carbons (Fsp3) is 0.353. The first-order valence-corrected chi connectivity index (χ1v) is 7.95. The van der Waals surface area contributed by atoms with Crippen LogP contribution in [-0.4, -0.2) is 54.3 Å². The second kappa shape index (κ2) is 7.35. The van der Waals surface area contributed by atoms with E-state index in [4.69, 9.17) is 5.41 Å². The van der Waals surface area contributed by atoms with Crippen LogP contribution in [0.5, 0.6) is 0 Å². The molecule has 2 heterocycles. The lowest BCUT2D eigenvalue weighted by Gasteiger charge is -2.34. The van der Waals surface area contributed by atoms with E-state index in [1.165, 1.54) is 18.6 Å². The van der Waals surface area contributed by atoms with Crippen molar-refractivity contribution in [1.82, 2.24) is 14.9 Å². The summed E-state index contributed by atoms with van der Waals surface area (Å²) in [6.45, 7) is 3.95. The maximum absolute atomic E-state index is 13.8. The Morgan fingerprint density at radius 3 is 2.67 bits per heavy atom. The molecule has 0 radical (unpaired) electrons. The van der Waals surface area contributed by atoms with Gasteiger partial charge in [-0.15, -0.1) is 0 Å². The molecule has 0 saturated carbocycles. The van der Waals surface area contributed by atoms with Crippen LogP contribution in [0.25, 0.3) is 0 Å². The second-order valence-electron chi connectivity index (χ2n) is 5.84. The molecule has 0 bridgehead atoms. The first-order chi connectivity index (χ1) is 11.7. The maximum Gasteiger partial charge on any atom is 0.143 e. The van der Waals surface area contributed by atoms with Gasteiger partial charge in [0.25, 0.3) is 0 Å². The van der Waals surface area contributed by atoms with Crippen molar-refractivity contribution in [3.8, 4) is 0 Å². The van der Waals surface area contributed by atoms with E-state index in [1.54, 1.807) is 18.2 Å². The predicted molar refractivity (Wildman–Crippen MR) is 93.4 cm³/mol. The van der Waals surface area contributed by atoms with Gasteiger partial charge in [0, 0.05) is 44.5 Å². The fourth-order valence-corrected chi connectivity index (χ4v) is 2.75. The van der Waals surface area contributed by atoms with Crippen LogP contribution in [0, 0.1) is 11.2 Å². The zero-order valence-electron chi connectivity index (χ0n) is 13.7. The normalized spacial score (nSPS) is 15.3. The highest BCUT2D eigenvalue weighted by atomic mass is 19.1. The van der Waals surface area contributed by atoms with E-state index >= 15 is 0 Å². The van der Waals surface area contributed by atoms with Crippen LogP contribution < -0.4 is 10.2 Å². The molecule has 0 aliphatic carbocycles. The second-order valence-corrected chi connectivity index (χ2v) is 5.84. The number of nitrogens with zero attached hydrogens (tertiary/aromatic N) is 4. The monoisotopic (exact) mass is 328 g/mol. The molecule has 1 aromatic carbocycles. The third-order valence-electron chi connectivity index (χ3n) is 4.21. The third kappa shape index (κ3) is 3.51. The van der Waals surface area contributed by atoms with E-state index < -0.39 is 0 Å². The van der Waals surface area contributed by atoms with E-state index in [2.05, 4.69) is 32.1 Å². The minimum atomic E-state index is -0.255. The molecule has 0 spiro atoms. The number of hydrogen-bond acceptors (Lipinski definition) is 6. The van der Waals surface area contributed by atoms with Crippen molar-refractivity contribution in [2.45, 2.75) is 6.54 Å². The topological polar surface area (TPSA) is 68.1 Å². The van der Waals surface area contributed by atoms with Gasteiger partial charge in [0.2, 0.25) is 0 Å². The zero-order valence-corrected chi connectivity index (χ0v) is 13.7. The number of rotatable bonds is 5. The molecule has 1 saturated heterocycles. The number of hydrogen-bond donors (Lipinski definition) is 2. The molecule has 126 valence electrons. The lowest BCUT2D eigenvalue weighted by molar-refractivity contribution is 0.312. The first-order valence-electron chi connectivity index (χ1n) is 7.95. The van der Waals surface area contributed by atoms with Crippen molar-refractivity contribution in [3.05, 3.63) is 47.5 Å². The summed E-state index contributed by atoms with van der Waals surface area (Å²) in [5, 5.41) is 10.9. The molecule has 1 aliphatic rings. The summed E-state index contributed by atoms with van der Waals surface area (Å²) in [4.78, 5) is 13.0. The highest BCUT2D eigenvalue weighted by molar-refractivity contribution is 5.91. The average molecular weight is 328 g/mol. The lowest BCUT2D eigenvalue weighted by atomic mass is 10.2. The van der Waals surface area contributed by atoms with Crippen LogP contribution in [0.1, 0.15) is 11.1 Å². The number of nitrogens with one attached hydrogen (secondary N) is 2. The predicted octanol–water partition coefficient (Wildman–Crippen LogP) is 1.98. The largest absolute Gasteiger partial charge is 0.365 e. The smallest absolute Gasteiger partial charge is 0.143 e. The number of piperazine rings is 1. The summed E-state index contributed by atoms with van der Waals surface area (Å²) in [5.74, 6) is 1.05. The number of halogens is 1. The molecular formula is C17H21FN6. The summed E-state index contributed by atoms with van der Waals surface area (Å²) in [7, 11) is 2.09. The van der Waals surface area contributed by atoms with Crippen molar-refractivity contribution >= 4 is 17.9 Å². The summed E-state index contributed by atoms with van der Waals surface area (Å²) >= 11 is 0. The highest BCUT2D eigenvalue weighted by Gasteiger charge is 2.20. The Morgan fingerprint density at radius 1 is 1.21 bits per heavy atom. The molecule has 0 atom stereocenters. The molecule has 7 heteroatoms. The summed E-state index contributed by atoms with van der Waals surface area (Å²) < 4.78 is 13.8. The van der Waals surface area contributed by atoms with Gasteiger partial charge in [-0.2, -0.15) is 0 Å². The molecule has 0 amide bonds. The fourth-order valence-electron chi connectivity index (χ4n) is 2.75. The van der Waals surface area contributed by atoms with Crippen LogP contribution in [0.15, 0.2) is 30.6 Å². The van der Waals surface area contributed by atoms with E-state index in [0.717, 1.165) is 32.0 Å². The van der Waals surface area contributed by atoms with Gasteiger partial charge in [0.05, 0.1) is 5.56 Å². The van der Waals surface area contributed by atoms with E-state index in [1.807, 2.05) is 0 Å². The molecule has 2 aromatic rings. The minimum Gasteiger partial charge on any atom is -0.365 e. The van der Waals surface area contributed by atoms with E-state index in [9.17, 15) is 4.39 Å². The van der Waals surface area contributed by atoms with Crippen molar-refractivity contribution in [2.75, 3.05) is 43.4 Å². The summed E-state index contributed by atoms with van der Waals surface area (Å²) in [6, 6.07) is 6.63. The average Bonchev–Trinajstić information content (AvgIpc) is 2.61. The van der Waals surface area contributed by atoms with Gasteiger partial charge >= 0.3 is 0 Å². The standard InChI is InChI=1S/C17H21FN6/c1-23-6-8-24(9-7-23)17-14(10-19)16(21-12-22-17)20-11-13-4-2-3-5-15(13)18/h2-5,10,12,19H,6-9,11H2,1H3,(H,20,21,22). The quantitative estimate of drug-likeness (QED) is 0.822. The van der Waals surface area contributed by atoms with Crippen LogP contribution >= 0.6 is 0 Å². The molecule has 2 N–H and O–H groups in total. The Balaban J connectivity index is 1.80. The molecule has 3 rings (SSSR count). The Labute approximate surface area is 140 Å². The van der Waals surface area contributed by atoms with Crippen LogP contribution in [0.4, 0.5) is 16.0 Å². The molecule has 1 aromatic heterocycles. The summed E-state index contributed by atoms with van der Waals surface area (Å²) in [5.41, 5.74) is 1.20. The van der Waals surface area contributed by atoms with E-state index in [-0.39, 0.29) is 5.82 Å². The molecule has 6 nitrogen and oxygen atoms in total. The number of anilines is 2. The van der Waals surface area contributed by atoms with Crippen LogP contribution in [0.3, 0.4) is 0 Å². The number of benzene rings is 1. The highest BCUT2D eigenvalue weighted by Crippen LogP contribution is 2.23. The Hall–Kier alpha value is -2.54. The van der Waals surface area contributed by atoms with Crippen LogP contribution in [-0.2, 0) is 6.54 Å². The molecular weight excluding hydrogens is 307 g/mol. The van der Waals surface area contributed by atoms with Gasteiger partial charge in [0.1, 0.15) is 23.8 Å². The van der Waals surface area contributed by atoms with Crippen molar-refractivity contribution in [3.63, 3.8) is 0 Å². The molecule has 1 fully saturated rings. The maximum atomic E-state index is 13.8. The number of aromatic nitrogens is 2. The summed E-state index contributed by atoms with van der Waals surface area (Å²) in [6.07, 6.45) is 2.75. The van der Waals surface area contributed by atoms with Gasteiger partial charge in [-0.05, 0) is 13.1 Å². The minimum absolute atomic E-state index is 0.255. The zero-order chi connectivity index (χ0) is 16.9. The van der Waals surface area contributed by atoms with Crippen molar-refractivity contribution < 1.29 is 4.39 Å². The van der Waals surface area contributed by atoms with Gasteiger partial charge < -0.3 is 20.5 Å². The van der Waals surface area contributed by atoms with Crippen molar-refractivity contribution in [1.29, 1.82) is 5.41 Å². The molecule has 1 aliphatic heterocycles. The third-order valence-corrected chi connectivity index (χ3v) is 4.21.